The van der Waals surface area contributed by atoms with Crippen molar-refractivity contribution in [3.63, 3.8) is 0 Å². The molecule has 1 atom stereocenters. The van der Waals surface area contributed by atoms with Gasteiger partial charge >= 0.3 is 0 Å². The molecule has 1 aliphatic heterocycles. The molecule has 0 amide bonds. The van der Waals surface area contributed by atoms with Crippen molar-refractivity contribution < 1.29 is 4.92 Å². The second kappa shape index (κ2) is 5.25. The van der Waals surface area contributed by atoms with E-state index in [1.54, 1.807) is 12.1 Å². The van der Waals surface area contributed by atoms with Gasteiger partial charge in [-0.3, -0.25) is 10.1 Å². The maximum Gasteiger partial charge on any atom is 0.292 e. The Labute approximate surface area is 107 Å². The zero-order chi connectivity index (χ0) is 13.1. The molecule has 18 heavy (non-hydrogen) atoms. The number of nitrogens with two attached hydrogens (primary N) is 1. The van der Waals surface area contributed by atoms with Crippen LogP contribution in [0, 0.1) is 10.1 Å². The zero-order valence-electron chi connectivity index (χ0n) is 10.6. The molecule has 5 heteroatoms. The number of nitro benzene ring substituents is 1. The number of hydrogen-bond donors (Lipinski definition) is 1. The van der Waals surface area contributed by atoms with Crippen molar-refractivity contribution >= 4 is 17.1 Å². The summed E-state index contributed by atoms with van der Waals surface area (Å²) in [6.45, 7) is 3.20. The van der Waals surface area contributed by atoms with E-state index in [1.165, 1.54) is 25.3 Å². The fourth-order valence-corrected chi connectivity index (χ4v) is 2.55. The number of rotatable bonds is 2. The van der Waals surface area contributed by atoms with E-state index < -0.39 is 4.92 Å². The number of nitrogens with zero attached hydrogens (tertiary/aromatic N) is 2. The average molecular weight is 249 g/mol. The SMILES string of the molecule is CC1CCCCCN1c1ccc([N+](=O)[O-])c(N)c1. The summed E-state index contributed by atoms with van der Waals surface area (Å²) in [6.07, 6.45) is 4.83. The number of nitrogen functional groups attached to an aromatic ring is 1. The summed E-state index contributed by atoms with van der Waals surface area (Å²) in [7, 11) is 0. The summed E-state index contributed by atoms with van der Waals surface area (Å²) in [6, 6.07) is 5.49. The molecule has 98 valence electrons. The molecule has 1 heterocycles. The summed E-state index contributed by atoms with van der Waals surface area (Å²) < 4.78 is 0. The van der Waals surface area contributed by atoms with Crippen LogP contribution in [0.5, 0.6) is 0 Å². The highest BCUT2D eigenvalue weighted by Crippen LogP contribution is 2.30. The Kier molecular flexibility index (Phi) is 3.69. The Morgan fingerprint density at radius 2 is 2.17 bits per heavy atom. The van der Waals surface area contributed by atoms with Crippen molar-refractivity contribution in [2.45, 2.75) is 38.6 Å². The van der Waals surface area contributed by atoms with Gasteiger partial charge in [0.05, 0.1) is 4.92 Å². The molecule has 1 aromatic rings. The highest BCUT2D eigenvalue weighted by atomic mass is 16.6. The van der Waals surface area contributed by atoms with Crippen LogP contribution < -0.4 is 10.6 Å². The minimum atomic E-state index is -0.440. The van der Waals surface area contributed by atoms with Crippen molar-refractivity contribution in [2.75, 3.05) is 17.2 Å². The molecule has 1 fully saturated rings. The Bertz CT molecular complexity index is 448. The van der Waals surface area contributed by atoms with Crippen LogP contribution in [0.3, 0.4) is 0 Å². The lowest BCUT2D eigenvalue weighted by molar-refractivity contribution is -0.383. The van der Waals surface area contributed by atoms with Crippen molar-refractivity contribution in [1.29, 1.82) is 0 Å². The first kappa shape index (κ1) is 12.7. The highest BCUT2D eigenvalue weighted by Gasteiger charge is 2.19. The Morgan fingerprint density at radius 1 is 1.39 bits per heavy atom. The van der Waals surface area contributed by atoms with E-state index in [9.17, 15) is 10.1 Å². The summed E-state index contributed by atoms with van der Waals surface area (Å²) in [5.41, 5.74) is 6.97. The van der Waals surface area contributed by atoms with Gasteiger partial charge < -0.3 is 10.6 Å². The van der Waals surface area contributed by atoms with Gasteiger partial charge in [-0.25, -0.2) is 0 Å². The number of hydrogen-bond acceptors (Lipinski definition) is 4. The quantitative estimate of drug-likeness (QED) is 0.497. The molecule has 5 nitrogen and oxygen atoms in total. The van der Waals surface area contributed by atoms with Crippen LogP contribution in [0.15, 0.2) is 18.2 Å². The third kappa shape index (κ3) is 2.55. The normalized spacial score (nSPS) is 20.5. The Morgan fingerprint density at radius 3 is 2.83 bits per heavy atom. The molecule has 1 unspecified atom stereocenters. The third-order valence-corrected chi connectivity index (χ3v) is 3.59. The van der Waals surface area contributed by atoms with Crippen LogP contribution in [-0.2, 0) is 0 Å². The van der Waals surface area contributed by atoms with E-state index in [1.807, 2.05) is 0 Å². The average Bonchev–Trinajstić information content (AvgIpc) is 2.53. The molecule has 2 rings (SSSR count). The topological polar surface area (TPSA) is 72.4 Å². The van der Waals surface area contributed by atoms with Gasteiger partial charge in [-0.2, -0.15) is 0 Å². The molecule has 1 aliphatic rings. The Balaban J connectivity index is 2.27. The van der Waals surface area contributed by atoms with E-state index in [0.29, 0.717) is 6.04 Å². The van der Waals surface area contributed by atoms with E-state index >= 15 is 0 Å². The van der Waals surface area contributed by atoms with Gasteiger partial charge in [-0.1, -0.05) is 12.8 Å². The molecule has 0 aromatic heterocycles. The van der Waals surface area contributed by atoms with Crippen LogP contribution in [-0.4, -0.2) is 17.5 Å². The summed E-state index contributed by atoms with van der Waals surface area (Å²) >= 11 is 0. The molecule has 1 saturated heterocycles. The molecule has 0 aliphatic carbocycles. The minimum Gasteiger partial charge on any atom is -0.393 e. The van der Waals surface area contributed by atoms with Gasteiger partial charge in [0.15, 0.2) is 0 Å². The van der Waals surface area contributed by atoms with Crippen LogP contribution in [0.4, 0.5) is 17.1 Å². The van der Waals surface area contributed by atoms with E-state index in [0.717, 1.165) is 18.7 Å². The lowest BCUT2D eigenvalue weighted by Crippen LogP contribution is -2.32. The van der Waals surface area contributed by atoms with Crippen LogP contribution in [0.1, 0.15) is 32.6 Å². The first-order valence-corrected chi connectivity index (χ1v) is 6.40. The molecular formula is C13H19N3O2. The van der Waals surface area contributed by atoms with Crippen LogP contribution in [0.2, 0.25) is 0 Å². The second-order valence-corrected chi connectivity index (χ2v) is 4.89. The van der Waals surface area contributed by atoms with Gasteiger partial charge in [0.25, 0.3) is 5.69 Å². The van der Waals surface area contributed by atoms with Crippen molar-refractivity contribution in [2.24, 2.45) is 0 Å². The fourth-order valence-electron chi connectivity index (χ4n) is 2.55. The molecule has 0 bridgehead atoms. The molecule has 2 N–H and O–H groups in total. The molecule has 1 aromatic carbocycles. The van der Waals surface area contributed by atoms with Gasteiger partial charge in [0, 0.05) is 24.3 Å². The van der Waals surface area contributed by atoms with Gasteiger partial charge in [0.1, 0.15) is 5.69 Å². The maximum absolute atomic E-state index is 10.7. The van der Waals surface area contributed by atoms with Crippen LogP contribution in [0.25, 0.3) is 0 Å². The lowest BCUT2D eigenvalue weighted by atomic mass is 10.1. The fraction of sp³-hybridized carbons (Fsp3) is 0.538. The third-order valence-electron chi connectivity index (χ3n) is 3.59. The van der Waals surface area contributed by atoms with Gasteiger partial charge in [-0.15, -0.1) is 0 Å². The Hall–Kier alpha value is -1.78. The smallest absolute Gasteiger partial charge is 0.292 e. The van der Waals surface area contributed by atoms with E-state index in [4.69, 9.17) is 5.73 Å². The van der Waals surface area contributed by atoms with Crippen LogP contribution >= 0.6 is 0 Å². The number of benzene rings is 1. The predicted molar refractivity (Wildman–Crippen MR) is 72.8 cm³/mol. The maximum atomic E-state index is 10.7. The van der Waals surface area contributed by atoms with Crippen molar-refractivity contribution in [3.8, 4) is 0 Å². The number of anilines is 2. The molecule has 0 radical (unpaired) electrons. The monoisotopic (exact) mass is 249 g/mol. The van der Waals surface area contributed by atoms with E-state index in [2.05, 4.69) is 11.8 Å². The molecular weight excluding hydrogens is 230 g/mol. The predicted octanol–water partition coefficient (Wildman–Crippen LogP) is 2.95. The summed E-state index contributed by atoms with van der Waals surface area (Å²) in [5.74, 6) is 0. The summed E-state index contributed by atoms with van der Waals surface area (Å²) in [5, 5.41) is 10.7. The lowest BCUT2D eigenvalue weighted by Gasteiger charge is -2.29. The zero-order valence-corrected chi connectivity index (χ0v) is 10.6. The van der Waals surface area contributed by atoms with Gasteiger partial charge in [-0.05, 0) is 31.9 Å². The minimum absolute atomic E-state index is 0.0128. The molecule has 0 spiro atoms. The summed E-state index contributed by atoms with van der Waals surface area (Å²) in [4.78, 5) is 12.6. The first-order chi connectivity index (χ1) is 8.59. The largest absolute Gasteiger partial charge is 0.393 e. The second-order valence-electron chi connectivity index (χ2n) is 4.89. The molecule has 0 saturated carbocycles. The van der Waals surface area contributed by atoms with Crippen molar-refractivity contribution in [3.05, 3.63) is 28.3 Å². The first-order valence-electron chi connectivity index (χ1n) is 6.40. The number of nitro groups is 1. The van der Waals surface area contributed by atoms with Gasteiger partial charge in [0.2, 0.25) is 0 Å². The standard InChI is InChI=1S/C13H19N3O2/c1-10-5-3-2-4-8-15(10)11-6-7-13(16(17)18)12(14)9-11/h6-7,9-10H,2-5,8,14H2,1H3. The highest BCUT2D eigenvalue weighted by molar-refractivity contribution is 5.66. The van der Waals surface area contributed by atoms with Crippen molar-refractivity contribution in [1.82, 2.24) is 0 Å². The van der Waals surface area contributed by atoms with E-state index in [-0.39, 0.29) is 11.4 Å².